The largest absolute Gasteiger partial charge is 0.459 e. The van der Waals surface area contributed by atoms with Gasteiger partial charge in [-0.15, -0.1) is 11.3 Å². The summed E-state index contributed by atoms with van der Waals surface area (Å²) in [4.78, 5) is 36.0. The summed E-state index contributed by atoms with van der Waals surface area (Å²) in [5.74, 6) is -0.531. The third kappa shape index (κ3) is 4.53. The first kappa shape index (κ1) is 18.2. The van der Waals surface area contributed by atoms with Gasteiger partial charge in [0.05, 0.1) is 16.1 Å². The number of urea groups is 1. The number of thiophene rings is 1. The van der Waals surface area contributed by atoms with Crippen LogP contribution >= 0.6 is 11.3 Å². The SMILES string of the molecule is Cc1cc(NC(=O)c2ccco2)sc1C(=O)Nc1cccc(NC(N)=O)c1. The molecular formula is C18H16N4O4S. The van der Waals surface area contributed by atoms with E-state index in [1.165, 1.54) is 6.26 Å². The van der Waals surface area contributed by atoms with Crippen LogP contribution < -0.4 is 21.7 Å². The average molecular weight is 384 g/mol. The molecule has 0 unspecified atom stereocenters. The molecule has 2 heterocycles. The summed E-state index contributed by atoms with van der Waals surface area (Å²) in [7, 11) is 0. The molecule has 0 aliphatic rings. The van der Waals surface area contributed by atoms with Crippen LogP contribution in [0.1, 0.15) is 25.8 Å². The molecule has 4 amide bonds. The fourth-order valence-electron chi connectivity index (χ4n) is 2.36. The van der Waals surface area contributed by atoms with Crippen molar-refractivity contribution in [2.24, 2.45) is 5.73 Å². The first-order valence-corrected chi connectivity index (χ1v) is 8.67. The van der Waals surface area contributed by atoms with Crippen molar-refractivity contribution >= 4 is 45.6 Å². The zero-order chi connectivity index (χ0) is 19.4. The normalized spacial score (nSPS) is 10.3. The summed E-state index contributed by atoms with van der Waals surface area (Å²) in [5, 5.41) is 8.43. The summed E-state index contributed by atoms with van der Waals surface area (Å²) in [5.41, 5.74) is 6.78. The molecule has 3 rings (SSSR count). The van der Waals surface area contributed by atoms with E-state index in [0.717, 1.165) is 16.9 Å². The fraction of sp³-hybridized carbons (Fsp3) is 0.0556. The molecule has 8 nitrogen and oxygen atoms in total. The van der Waals surface area contributed by atoms with Crippen LogP contribution in [0.2, 0.25) is 0 Å². The highest BCUT2D eigenvalue weighted by Crippen LogP contribution is 2.28. The Labute approximate surface area is 158 Å². The lowest BCUT2D eigenvalue weighted by molar-refractivity contribution is 0.0995. The number of anilines is 3. The maximum Gasteiger partial charge on any atom is 0.316 e. The minimum atomic E-state index is -0.690. The Bertz CT molecular complexity index is 995. The van der Waals surface area contributed by atoms with E-state index < -0.39 is 11.9 Å². The summed E-state index contributed by atoms with van der Waals surface area (Å²) < 4.78 is 5.04. The van der Waals surface area contributed by atoms with Crippen molar-refractivity contribution in [1.29, 1.82) is 0 Å². The van der Waals surface area contributed by atoms with Gasteiger partial charge in [-0.1, -0.05) is 6.07 Å². The van der Waals surface area contributed by atoms with Crippen LogP contribution in [0.5, 0.6) is 0 Å². The fourth-order valence-corrected chi connectivity index (χ4v) is 3.32. The number of furan rings is 1. The second kappa shape index (κ2) is 7.75. The highest BCUT2D eigenvalue weighted by molar-refractivity contribution is 7.18. The number of nitrogens with one attached hydrogen (secondary N) is 3. The first-order valence-electron chi connectivity index (χ1n) is 7.85. The zero-order valence-corrected chi connectivity index (χ0v) is 15.1. The van der Waals surface area contributed by atoms with E-state index in [1.807, 2.05) is 0 Å². The number of rotatable bonds is 5. The summed E-state index contributed by atoms with van der Waals surface area (Å²) in [6.45, 7) is 1.78. The predicted octanol–water partition coefficient (Wildman–Crippen LogP) is 3.64. The highest BCUT2D eigenvalue weighted by atomic mass is 32.1. The van der Waals surface area contributed by atoms with Crippen LogP contribution in [-0.4, -0.2) is 17.8 Å². The lowest BCUT2D eigenvalue weighted by Gasteiger charge is -2.07. The molecule has 9 heteroatoms. The summed E-state index contributed by atoms with van der Waals surface area (Å²) in [6.07, 6.45) is 1.41. The summed E-state index contributed by atoms with van der Waals surface area (Å²) >= 11 is 1.15. The van der Waals surface area contributed by atoms with Crippen molar-refractivity contribution in [3.63, 3.8) is 0 Å². The van der Waals surface area contributed by atoms with Gasteiger partial charge in [-0.25, -0.2) is 4.79 Å². The van der Waals surface area contributed by atoms with Gasteiger partial charge < -0.3 is 26.1 Å². The molecule has 0 saturated heterocycles. The number of carbonyl (C=O) groups excluding carboxylic acids is 3. The molecular weight excluding hydrogens is 368 g/mol. The molecule has 0 radical (unpaired) electrons. The van der Waals surface area contributed by atoms with Crippen molar-refractivity contribution in [1.82, 2.24) is 0 Å². The average Bonchev–Trinajstić information content (AvgIpc) is 3.24. The van der Waals surface area contributed by atoms with Crippen LogP contribution in [0.3, 0.4) is 0 Å². The third-order valence-corrected chi connectivity index (χ3v) is 4.65. The second-order valence-corrected chi connectivity index (χ2v) is 6.63. The molecule has 138 valence electrons. The van der Waals surface area contributed by atoms with E-state index in [0.29, 0.717) is 21.3 Å². The van der Waals surface area contributed by atoms with Gasteiger partial charge in [-0.2, -0.15) is 0 Å². The van der Waals surface area contributed by atoms with Crippen LogP contribution in [0.15, 0.2) is 53.1 Å². The van der Waals surface area contributed by atoms with Crippen molar-refractivity contribution < 1.29 is 18.8 Å². The van der Waals surface area contributed by atoms with Gasteiger partial charge in [-0.05, 0) is 48.9 Å². The van der Waals surface area contributed by atoms with Crippen molar-refractivity contribution in [3.8, 4) is 0 Å². The molecule has 2 aromatic heterocycles. The number of nitrogens with two attached hydrogens (primary N) is 1. The van der Waals surface area contributed by atoms with E-state index in [-0.39, 0.29) is 11.7 Å². The van der Waals surface area contributed by atoms with E-state index in [2.05, 4.69) is 16.0 Å². The molecule has 3 aromatic rings. The molecule has 1 aromatic carbocycles. The lowest BCUT2D eigenvalue weighted by Crippen LogP contribution is -2.19. The Hall–Kier alpha value is -3.59. The molecule has 0 aliphatic carbocycles. The smallest absolute Gasteiger partial charge is 0.316 e. The topological polar surface area (TPSA) is 126 Å². The van der Waals surface area contributed by atoms with Crippen LogP contribution in [0.4, 0.5) is 21.2 Å². The molecule has 0 aliphatic heterocycles. The van der Waals surface area contributed by atoms with Gasteiger partial charge in [0.25, 0.3) is 11.8 Å². The first-order chi connectivity index (χ1) is 12.9. The monoisotopic (exact) mass is 384 g/mol. The van der Waals surface area contributed by atoms with Crippen LogP contribution in [-0.2, 0) is 0 Å². The molecule has 5 N–H and O–H groups in total. The van der Waals surface area contributed by atoms with Gasteiger partial charge in [0.1, 0.15) is 0 Å². The Balaban J connectivity index is 1.71. The molecule has 0 fully saturated rings. The molecule has 0 spiro atoms. The van der Waals surface area contributed by atoms with Crippen molar-refractivity contribution in [3.05, 3.63) is 64.9 Å². The van der Waals surface area contributed by atoms with Crippen LogP contribution in [0.25, 0.3) is 0 Å². The standard InChI is InChI=1S/C18H16N4O4S/c1-10-8-14(22-16(23)13-6-3-7-26-13)27-15(10)17(24)20-11-4-2-5-12(9-11)21-18(19)25/h2-9H,1H3,(H,20,24)(H,22,23)(H3,19,21,25). The highest BCUT2D eigenvalue weighted by Gasteiger charge is 2.17. The van der Waals surface area contributed by atoms with E-state index >= 15 is 0 Å². The van der Waals surface area contributed by atoms with Gasteiger partial charge in [0, 0.05) is 11.4 Å². The van der Waals surface area contributed by atoms with Crippen molar-refractivity contribution in [2.45, 2.75) is 6.92 Å². The Morgan fingerprint density at radius 1 is 0.963 bits per heavy atom. The maximum atomic E-state index is 12.6. The van der Waals surface area contributed by atoms with E-state index in [1.54, 1.807) is 49.4 Å². The number of hydrogen-bond donors (Lipinski definition) is 4. The summed E-state index contributed by atoms with van der Waals surface area (Å²) in [6, 6.07) is 10.8. The quantitative estimate of drug-likeness (QED) is 0.535. The number of hydrogen-bond acceptors (Lipinski definition) is 5. The Morgan fingerprint density at radius 3 is 2.37 bits per heavy atom. The third-order valence-electron chi connectivity index (χ3n) is 3.49. The maximum absolute atomic E-state index is 12.6. The number of amides is 4. The minimum absolute atomic E-state index is 0.186. The lowest BCUT2D eigenvalue weighted by atomic mass is 10.2. The number of carbonyl (C=O) groups is 3. The Kier molecular flexibility index (Phi) is 5.23. The Morgan fingerprint density at radius 2 is 1.70 bits per heavy atom. The minimum Gasteiger partial charge on any atom is -0.459 e. The zero-order valence-electron chi connectivity index (χ0n) is 14.2. The molecule has 0 saturated carbocycles. The van der Waals surface area contributed by atoms with Crippen molar-refractivity contribution in [2.75, 3.05) is 16.0 Å². The predicted molar refractivity (Wildman–Crippen MR) is 103 cm³/mol. The molecule has 0 bridgehead atoms. The van der Waals surface area contributed by atoms with Gasteiger partial charge in [0.2, 0.25) is 0 Å². The molecule has 0 atom stereocenters. The van der Waals surface area contributed by atoms with Gasteiger partial charge >= 0.3 is 6.03 Å². The van der Waals surface area contributed by atoms with Gasteiger partial charge in [-0.3, -0.25) is 9.59 Å². The van der Waals surface area contributed by atoms with Gasteiger partial charge in [0.15, 0.2) is 5.76 Å². The van der Waals surface area contributed by atoms with E-state index in [9.17, 15) is 14.4 Å². The number of benzene rings is 1. The number of aryl methyl sites for hydroxylation is 1. The molecule has 27 heavy (non-hydrogen) atoms. The second-order valence-electron chi connectivity index (χ2n) is 5.58. The van der Waals surface area contributed by atoms with E-state index in [4.69, 9.17) is 10.2 Å². The van der Waals surface area contributed by atoms with Crippen LogP contribution in [0, 0.1) is 6.92 Å². The number of primary amides is 1.